The third-order valence-corrected chi connectivity index (χ3v) is 8.33. The molecule has 3 heterocycles. The van der Waals surface area contributed by atoms with Crippen LogP contribution in [0.5, 0.6) is 11.5 Å². The van der Waals surface area contributed by atoms with E-state index in [4.69, 9.17) is 36.6 Å². The number of aliphatic imine (C=N–C) groups is 1. The Kier molecular flexibility index (Phi) is 13.2. The summed E-state index contributed by atoms with van der Waals surface area (Å²) in [5.74, 6) is 0.195. The minimum Gasteiger partial charge on any atom is -0.495 e. The molecule has 0 saturated heterocycles. The van der Waals surface area contributed by atoms with E-state index in [2.05, 4.69) is 28.0 Å². The van der Waals surface area contributed by atoms with Crippen molar-refractivity contribution in [1.82, 2.24) is 9.97 Å². The SMILES string of the molecule is C=CN.COc1cc(CC(c2cc3c(c(-c4ccnc(C(F)F)c4Cl)n2)OCC3(C)C)C2(F)CC2)cc(C=NCCCF)c1N.NC=O. The standard InChI is InChI=1S/C31H33ClF4N4O2.C2H5N.CH3NO/c1-30(2)16-42-28-21(30)14-22(40-26(28)19-5-10-39-27(24(19)32)29(34)35)20(31(36)6-7-31)12-17-11-18(15-38-9-4-8-33)25(37)23(13-17)41-3;1-2-3;2-1-3/h5,10-11,13-15,20,29H,4,6-9,12,16,37H2,1-3H3;2H,1,3H2;1H,(H2,2,3). The van der Waals surface area contributed by atoms with Gasteiger partial charge in [0.1, 0.15) is 28.6 Å². The summed E-state index contributed by atoms with van der Waals surface area (Å²) in [6.07, 6.45) is 2.74. The number of pyridine rings is 2. The molecule has 2 aromatic heterocycles. The van der Waals surface area contributed by atoms with E-state index in [1.54, 1.807) is 12.3 Å². The molecule has 0 bridgehead atoms. The molecule has 1 saturated carbocycles. The largest absolute Gasteiger partial charge is 0.495 e. The van der Waals surface area contributed by atoms with Crippen LogP contribution >= 0.6 is 11.6 Å². The molecule has 5 rings (SSSR count). The lowest BCUT2D eigenvalue weighted by Gasteiger charge is -2.24. The number of aromatic nitrogens is 2. The number of carbonyl (C=O) groups excluding carboxylic acids is 1. The molecule has 6 N–H and O–H groups in total. The number of primary amides is 1. The predicted molar refractivity (Wildman–Crippen MR) is 181 cm³/mol. The summed E-state index contributed by atoms with van der Waals surface area (Å²) in [6, 6.07) is 6.98. The number of hydrogen-bond acceptors (Lipinski definition) is 8. The average Bonchev–Trinajstić information content (AvgIpc) is 3.72. The fourth-order valence-electron chi connectivity index (χ4n) is 5.36. The third-order valence-electron chi connectivity index (χ3n) is 7.93. The second-order valence-electron chi connectivity index (χ2n) is 11.8. The van der Waals surface area contributed by atoms with Gasteiger partial charge in [-0.2, -0.15) is 0 Å². The van der Waals surface area contributed by atoms with Crippen LogP contribution in [0.25, 0.3) is 11.3 Å². The van der Waals surface area contributed by atoms with E-state index in [0.29, 0.717) is 60.9 Å². The lowest BCUT2D eigenvalue weighted by atomic mass is 9.82. The van der Waals surface area contributed by atoms with E-state index >= 15 is 4.39 Å². The summed E-state index contributed by atoms with van der Waals surface area (Å²) >= 11 is 6.43. The van der Waals surface area contributed by atoms with Crippen molar-refractivity contribution < 1.29 is 31.8 Å². The molecule has 14 heteroatoms. The molecule has 1 fully saturated rings. The second-order valence-corrected chi connectivity index (χ2v) is 12.2. The van der Waals surface area contributed by atoms with E-state index in [1.807, 2.05) is 26.0 Å². The number of nitrogen functional groups attached to an aromatic ring is 1. The van der Waals surface area contributed by atoms with E-state index in [0.717, 1.165) is 11.1 Å². The summed E-state index contributed by atoms with van der Waals surface area (Å²) in [4.78, 5) is 21.5. The van der Waals surface area contributed by atoms with Gasteiger partial charge in [-0.1, -0.05) is 32.0 Å². The topological polar surface area (TPSA) is 152 Å². The molecule has 0 spiro atoms. The van der Waals surface area contributed by atoms with Crippen molar-refractivity contribution in [1.29, 1.82) is 0 Å². The van der Waals surface area contributed by atoms with Crippen molar-refractivity contribution in [2.24, 2.45) is 16.5 Å². The molecule has 48 heavy (non-hydrogen) atoms. The fourth-order valence-corrected chi connectivity index (χ4v) is 5.64. The number of amides is 1. The molecule has 0 radical (unpaired) electrons. The Morgan fingerprint density at radius 1 is 1.23 bits per heavy atom. The van der Waals surface area contributed by atoms with Crippen molar-refractivity contribution in [2.45, 2.75) is 63.0 Å². The van der Waals surface area contributed by atoms with Crippen LogP contribution in [0.4, 0.5) is 23.2 Å². The predicted octanol–water partition coefficient (Wildman–Crippen LogP) is 6.79. The summed E-state index contributed by atoms with van der Waals surface area (Å²) in [5, 5.41) is -0.217. The second kappa shape index (κ2) is 16.6. The van der Waals surface area contributed by atoms with Gasteiger partial charge in [0.25, 0.3) is 6.43 Å². The molecule has 1 atom stereocenters. The number of anilines is 1. The Hall–Kier alpha value is -4.39. The van der Waals surface area contributed by atoms with Crippen molar-refractivity contribution in [3.8, 4) is 22.8 Å². The van der Waals surface area contributed by atoms with E-state index in [1.165, 1.54) is 25.6 Å². The number of nitrogens with zero attached hydrogens (tertiary/aromatic N) is 3. The van der Waals surface area contributed by atoms with Gasteiger partial charge in [0, 0.05) is 52.7 Å². The van der Waals surface area contributed by atoms with Crippen LogP contribution < -0.4 is 26.7 Å². The summed E-state index contributed by atoms with van der Waals surface area (Å²) in [7, 11) is 1.50. The summed E-state index contributed by atoms with van der Waals surface area (Å²) in [6.45, 7) is 7.33. The normalized spacial score (nSPS) is 15.7. The maximum absolute atomic E-state index is 16.2. The first-order chi connectivity index (χ1) is 22.8. The van der Waals surface area contributed by atoms with Crippen molar-refractivity contribution >= 4 is 29.9 Å². The van der Waals surface area contributed by atoms with Crippen LogP contribution in [-0.2, 0) is 16.6 Å². The van der Waals surface area contributed by atoms with Crippen LogP contribution in [0.3, 0.4) is 0 Å². The Bertz CT molecular complexity index is 1610. The zero-order chi connectivity index (χ0) is 35.6. The van der Waals surface area contributed by atoms with Gasteiger partial charge in [-0.25, -0.2) is 18.2 Å². The third kappa shape index (κ3) is 8.74. The first kappa shape index (κ1) is 38.1. The highest BCUT2D eigenvalue weighted by Crippen LogP contribution is 2.54. The smallest absolute Gasteiger partial charge is 0.281 e. The van der Waals surface area contributed by atoms with Crippen molar-refractivity contribution in [3.05, 3.63) is 76.3 Å². The molecule has 260 valence electrons. The van der Waals surface area contributed by atoms with Gasteiger partial charge in [-0.3, -0.25) is 19.2 Å². The Morgan fingerprint density at radius 3 is 2.48 bits per heavy atom. The Balaban J connectivity index is 0.000000969. The highest BCUT2D eigenvalue weighted by atomic mass is 35.5. The number of rotatable bonds is 11. The van der Waals surface area contributed by atoms with Crippen LogP contribution in [-0.4, -0.2) is 55.2 Å². The number of methoxy groups -OCH3 is 1. The average molecular weight is 693 g/mol. The number of halogens is 5. The number of carbonyl (C=O) groups is 1. The van der Waals surface area contributed by atoms with E-state index < -0.39 is 35.8 Å². The number of hydrogen-bond donors (Lipinski definition) is 3. The van der Waals surface area contributed by atoms with Gasteiger partial charge in [-0.05, 0) is 61.7 Å². The Labute approximate surface area is 282 Å². The molecule has 1 amide bonds. The Morgan fingerprint density at radius 2 is 1.90 bits per heavy atom. The number of ether oxygens (including phenoxy) is 2. The van der Waals surface area contributed by atoms with E-state index in [-0.39, 0.29) is 29.1 Å². The molecule has 1 aromatic carbocycles. The fraction of sp³-hybridized carbons (Fsp3) is 0.412. The van der Waals surface area contributed by atoms with Crippen molar-refractivity contribution in [3.63, 3.8) is 0 Å². The highest BCUT2D eigenvalue weighted by molar-refractivity contribution is 6.34. The highest BCUT2D eigenvalue weighted by Gasteiger charge is 2.52. The van der Waals surface area contributed by atoms with E-state index in [9.17, 15) is 13.2 Å². The maximum Gasteiger partial charge on any atom is 0.281 e. The van der Waals surface area contributed by atoms with Gasteiger partial charge in [0.2, 0.25) is 6.41 Å². The molecule has 1 unspecified atom stereocenters. The van der Waals surface area contributed by atoms with Gasteiger partial charge < -0.3 is 26.7 Å². The lowest BCUT2D eigenvalue weighted by molar-refractivity contribution is -0.106. The molecule has 9 nitrogen and oxygen atoms in total. The number of benzene rings is 1. The zero-order valence-corrected chi connectivity index (χ0v) is 27.9. The zero-order valence-electron chi connectivity index (χ0n) is 27.1. The molecular weight excluding hydrogens is 652 g/mol. The van der Waals surface area contributed by atoms with Gasteiger partial charge in [0.05, 0.1) is 31.1 Å². The minimum absolute atomic E-state index is 0.217. The monoisotopic (exact) mass is 692 g/mol. The first-order valence-electron chi connectivity index (χ1n) is 15.1. The quantitative estimate of drug-likeness (QED) is 0.0658. The molecular formula is C34H41ClF4N6O3. The molecule has 2 aliphatic rings. The summed E-state index contributed by atoms with van der Waals surface area (Å²) < 4.78 is 67.6. The number of fused-ring (bicyclic) bond motifs is 1. The van der Waals surface area contributed by atoms with Crippen LogP contribution in [0.2, 0.25) is 5.02 Å². The molecule has 1 aliphatic heterocycles. The maximum atomic E-state index is 16.2. The first-order valence-corrected chi connectivity index (χ1v) is 15.5. The molecule has 1 aliphatic carbocycles. The van der Waals surface area contributed by atoms with Crippen LogP contribution in [0.15, 0.2) is 48.2 Å². The van der Waals surface area contributed by atoms with Gasteiger partial charge in [-0.15, -0.1) is 0 Å². The lowest BCUT2D eigenvalue weighted by Crippen LogP contribution is -2.22. The van der Waals surface area contributed by atoms with Crippen LogP contribution in [0, 0.1) is 0 Å². The minimum atomic E-state index is -2.88. The summed E-state index contributed by atoms with van der Waals surface area (Å²) in [5.41, 5.74) is 16.1. The number of nitrogens with two attached hydrogens (primary N) is 3. The van der Waals surface area contributed by atoms with Gasteiger partial charge >= 0.3 is 0 Å². The number of alkyl halides is 4. The molecule has 3 aromatic rings. The van der Waals surface area contributed by atoms with Crippen molar-refractivity contribution in [2.75, 3.05) is 32.7 Å². The van der Waals surface area contributed by atoms with Crippen LogP contribution in [0.1, 0.15) is 73.5 Å². The van der Waals surface area contributed by atoms with Gasteiger partial charge in [0.15, 0.2) is 0 Å².